The second-order valence-electron chi connectivity index (χ2n) is 7.02. The quantitative estimate of drug-likeness (QED) is 0.527. The van der Waals surface area contributed by atoms with E-state index in [4.69, 9.17) is 4.74 Å². The summed E-state index contributed by atoms with van der Waals surface area (Å²) in [4.78, 5) is 19.9. The van der Waals surface area contributed by atoms with Crippen molar-refractivity contribution in [2.24, 2.45) is 4.99 Å². The molecule has 5 nitrogen and oxygen atoms in total. The van der Waals surface area contributed by atoms with E-state index in [9.17, 15) is 9.90 Å². The maximum atomic E-state index is 12.6. The maximum absolute atomic E-state index is 12.6. The van der Waals surface area contributed by atoms with Gasteiger partial charge >= 0.3 is 5.97 Å². The molecule has 144 valence electrons. The van der Waals surface area contributed by atoms with Gasteiger partial charge in [0.15, 0.2) is 0 Å². The monoisotopic (exact) mass is 395 g/mol. The first kappa shape index (κ1) is 18.7. The van der Waals surface area contributed by atoms with Crippen molar-refractivity contribution in [3.63, 3.8) is 0 Å². The minimum absolute atomic E-state index is 0.172. The molecule has 0 radical (unpaired) electrons. The summed E-state index contributed by atoms with van der Waals surface area (Å²) < 4.78 is 5.30. The normalized spacial score (nSPS) is 16.4. The first-order chi connectivity index (χ1) is 13.6. The lowest BCUT2D eigenvalue weighted by Gasteiger charge is -2.19. The fraction of sp³-hybridized carbons (Fsp3) is 0.273. The van der Waals surface area contributed by atoms with Crippen molar-refractivity contribution in [3.05, 3.63) is 58.0 Å². The van der Waals surface area contributed by atoms with Crippen LogP contribution in [-0.4, -0.2) is 37.5 Å². The minimum Gasteiger partial charge on any atom is -0.507 e. The van der Waals surface area contributed by atoms with Crippen molar-refractivity contribution in [3.8, 4) is 5.75 Å². The van der Waals surface area contributed by atoms with Crippen molar-refractivity contribution < 1.29 is 19.5 Å². The number of carbonyl (C=O) groups is 1. The molecule has 0 saturated carbocycles. The Labute approximate surface area is 167 Å². The zero-order valence-electron chi connectivity index (χ0n) is 16.0. The van der Waals surface area contributed by atoms with Crippen LogP contribution in [0.3, 0.4) is 0 Å². The summed E-state index contributed by atoms with van der Waals surface area (Å²) in [5, 5.41) is 13.0. The van der Waals surface area contributed by atoms with E-state index < -0.39 is 0 Å². The number of hydrogen-bond acceptors (Lipinski definition) is 5. The summed E-state index contributed by atoms with van der Waals surface area (Å²) in [7, 11) is 2.16. The van der Waals surface area contributed by atoms with Gasteiger partial charge in [-0.05, 0) is 29.3 Å². The Morgan fingerprint density at radius 3 is 2.96 bits per heavy atom. The number of quaternary nitrogens is 1. The largest absolute Gasteiger partial charge is 0.507 e. The van der Waals surface area contributed by atoms with E-state index in [0.717, 1.165) is 35.8 Å². The van der Waals surface area contributed by atoms with E-state index in [2.05, 4.69) is 12.0 Å². The number of phenolic OH excluding ortho intramolecular Hbond substituents is 1. The highest BCUT2D eigenvalue weighted by Crippen LogP contribution is 2.38. The van der Waals surface area contributed by atoms with Gasteiger partial charge in [0, 0.05) is 18.2 Å². The predicted molar refractivity (Wildman–Crippen MR) is 112 cm³/mol. The van der Waals surface area contributed by atoms with Crippen LogP contribution in [0.5, 0.6) is 5.75 Å². The van der Waals surface area contributed by atoms with Crippen molar-refractivity contribution in [1.29, 1.82) is 0 Å². The van der Waals surface area contributed by atoms with Gasteiger partial charge in [0.2, 0.25) is 0 Å². The number of phenols is 1. The van der Waals surface area contributed by atoms with Crippen LogP contribution in [0.25, 0.3) is 10.8 Å². The number of fused-ring (bicyclic) bond motifs is 2. The van der Waals surface area contributed by atoms with Crippen LogP contribution in [0.2, 0.25) is 0 Å². The molecule has 2 N–H and O–H groups in total. The molecule has 6 heteroatoms. The van der Waals surface area contributed by atoms with E-state index >= 15 is 0 Å². The molecule has 28 heavy (non-hydrogen) atoms. The average Bonchev–Trinajstić information content (AvgIpc) is 3.04. The summed E-state index contributed by atoms with van der Waals surface area (Å²) in [6.45, 7) is 4.03. The standard InChI is InChI=1S/C22H22N2O3S/c1-3-27-22(26)20-16-10-11-24(2)13-19(16)28-21(20)23-12-17-15-7-5-4-6-14(15)8-9-18(17)25/h4-9,12,25H,3,10-11,13H2,1-2H3/p+1/b23-12+. The van der Waals surface area contributed by atoms with Crippen LogP contribution in [0.1, 0.15) is 33.3 Å². The predicted octanol–water partition coefficient (Wildman–Crippen LogP) is 3.11. The smallest absolute Gasteiger partial charge is 0.341 e. The van der Waals surface area contributed by atoms with Gasteiger partial charge in [0.1, 0.15) is 22.9 Å². The van der Waals surface area contributed by atoms with Gasteiger partial charge in [-0.2, -0.15) is 0 Å². The molecule has 0 amide bonds. The molecule has 1 aliphatic heterocycles. The van der Waals surface area contributed by atoms with Crippen LogP contribution in [-0.2, 0) is 17.7 Å². The second kappa shape index (κ2) is 7.73. The van der Waals surface area contributed by atoms with Crippen molar-refractivity contribution in [1.82, 2.24) is 0 Å². The Bertz CT molecular complexity index is 1070. The SMILES string of the molecule is CCOC(=O)c1c(/N=C/c2c(O)ccc3ccccc23)sc2c1CC[NH+](C)C2. The van der Waals surface area contributed by atoms with Crippen molar-refractivity contribution >= 4 is 39.3 Å². The number of thiophene rings is 1. The van der Waals surface area contributed by atoms with Gasteiger partial charge < -0.3 is 14.7 Å². The number of benzene rings is 2. The lowest BCUT2D eigenvalue weighted by atomic mass is 10.0. The Morgan fingerprint density at radius 2 is 2.14 bits per heavy atom. The number of esters is 1. The highest BCUT2D eigenvalue weighted by atomic mass is 32.1. The molecule has 0 fully saturated rings. The van der Waals surface area contributed by atoms with E-state index in [0.29, 0.717) is 22.7 Å². The molecule has 1 aromatic heterocycles. The van der Waals surface area contributed by atoms with Crippen LogP contribution < -0.4 is 4.90 Å². The highest BCUT2D eigenvalue weighted by molar-refractivity contribution is 7.16. The number of likely N-dealkylation sites (N-methyl/N-ethyl adjacent to an activating group) is 1. The lowest BCUT2D eigenvalue weighted by Crippen LogP contribution is -3.08. The summed E-state index contributed by atoms with van der Waals surface area (Å²) >= 11 is 1.55. The number of ether oxygens (including phenoxy) is 1. The zero-order valence-corrected chi connectivity index (χ0v) is 16.8. The third kappa shape index (κ3) is 3.41. The molecule has 1 atom stereocenters. The number of carbonyl (C=O) groups excluding carboxylic acids is 1. The summed E-state index contributed by atoms with van der Waals surface area (Å²) in [5.41, 5.74) is 2.32. The van der Waals surface area contributed by atoms with Gasteiger partial charge in [-0.25, -0.2) is 9.79 Å². The Balaban J connectivity index is 1.80. The molecule has 1 aliphatic rings. The van der Waals surface area contributed by atoms with E-state index in [1.807, 2.05) is 37.3 Å². The number of nitrogens with zero attached hydrogens (tertiary/aromatic N) is 1. The molecular weight excluding hydrogens is 372 g/mol. The molecule has 4 rings (SSSR count). The topological polar surface area (TPSA) is 63.3 Å². The Hall–Kier alpha value is -2.70. The van der Waals surface area contributed by atoms with Gasteiger partial charge in [-0.1, -0.05) is 30.3 Å². The molecular formula is C22H23N2O3S+. The third-order valence-corrected chi connectivity index (χ3v) is 6.21. The number of aliphatic imine (C=N–C) groups is 1. The first-order valence-corrected chi connectivity index (χ1v) is 10.3. The molecule has 1 unspecified atom stereocenters. The fourth-order valence-electron chi connectivity index (χ4n) is 3.65. The maximum Gasteiger partial charge on any atom is 0.341 e. The van der Waals surface area contributed by atoms with Gasteiger partial charge in [-0.15, -0.1) is 11.3 Å². The molecule has 2 aromatic carbocycles. The number of nitrogens with one attached hydrogen (secondary N) is 1. The number of aromatic hydroxyl groups is 1. The molecule has 2 heterocycles. The Morgan fingerprint density at radius 1 is 1.32 bits per heavy atom. The van der Waals surface area contributed by atoms with Crippen LogP contribution in [0.4, 0.5) is 5.00 Å². The van der Waals surface area contributed by atoms with Gasteiger partial charge in [0.05, 0.1) is 25.1 Å². The van der Waals surface area contributed by atoms with Crippen LogP contribution in [0.15, 0.2) is 41.4 Å². The molecule has 0 aliphatic carbocycles. The lowest BCUT2D eigenvalue weighted by molar-refractivity contribution is -0.895. The molecule has 0 saturated heterocycles. The van der Waals surface area contributed by atoms with E-state index in [1.165, 1.54) is 9.78 Å². The van der Waals surface area contributed by atoms with E-state index in [-0.39, 0.29) is 11.7 Å². The molecule has 3 aromatic rings. The summed E-state index contributed by atoms with van der Waals surface area (Å²) in [6, 6.07) is 11.4. The van der Waals surface area contributed by atoms with Gasteiger partial charge in [0.25, 0.3) is 0 Å². The van der Waals surface area contributed by atoms with Gasteiger partial charge in [-0.3, -0.25) is 0 Å². The number of rotatable bonds is 4. The van der Waals surface area contributed by atoms with Crippen LogP contribution in [0, 0.1) is 0 Å². The first-order valence-electron chi connectivity index (χ1n) is 9.46. The summed E-state index contributed by atoms with van der Waals surface area (Å²) in [5.74, 6) is -0.139. The highest BCUT2D eigenvalue weighted by Gasteiger charge is 2.29. The summed E-state index contributed by atoms with van der Waals surface area (Å²) in [6.07, 6.45) is 2.51. The Kier molecular flexibility index (Phi) is 5.15. The zero-order chi connectivity index (χ0) is 19.7. The average molecular weight is 396 g/mol. The fourth-order valence-corrected chi connectivity index (χ4v) is 4.95. The van der Waals surface area contributed by atoms with Crippen molar-refractivity contribution in [2.75, 3.05) is 20.2 Å². The molecule has 0 spiro atoms. The number of hydrogen-bond donors (Lipinski definition) is 2. The van der Waals surface area contributed by atoms with E-state index in [1.54, 1.807) is 23.6 Å². The van der Waals surface area contributed by atoms with Crippen molar-refractivity contribution in [2.45, 2.75) is 19.9 Å². The molecule has 0 bridgehead atoms. The third-order valence-electron chi connectivity index (χ3n) is 5.07. The van der Waals surface area contributed by atoms with Crippen LogP contribution >= 0.6 is 11.3 Å². The second-order valence-corrected chi connectivity index (χ2v) is 8.10. The minimum atomic E-state index is -0.311.